The van der Waals surface area contributed by atoms with Crippen LogP contribution in [0.15, 0.2) is 42.6 Å². The van der Waals surface area contributed by atoms with Gasteiger partial charge in [-0.1, -0.05) is 18.2 Å². The molecule has 0 unspecified atom stereocenters. The van der Waals surface area contributed by atoms with Gasteiger partial charge in [0.05, 0.1) is 11.2 Å². The minimum atomic E-state index is 0.466. The van der Waals surface area contributed by atoms with Crippen molar-refractivity contribution >= 4 is 17.1 Å². The van der Waals surface area contributed by atoms with Crippen molar-refractivity contribution < 1.29 is 0 Å². The van der Waals surface area contributed by atoms with Crippen molar-refractivity contribution in [2.75, 3.05) is 5.73 Å². The quantitative estimate of drug-likeness (QED) is 0.690. The van der Waals surface area contributed by atoms with E-state index >= 15 is 0 Å². The van der Waals surface area contributed by atoms with E-state index in [9.17, 15) is 0 Å². The Kier molecular flexibility index (Phi) is 2.08. The Morgan fingerprint density at radius 2 is 1.94 bits per heavy atom. The van der Waals surface area contributed by atoms with Gasteiger partial charge in [-0.25, -0.2) is 4.98 Å². The lowest BCUT2D eigenvalue weighted by Gasteiger charge is -2.08. The van der Waals surface area contributed by atoms with Crippen LogP contribution in [-0.4, -0.2) is 14.5 Å². The van der Waals surface area contributed by atoms with E-state index < -0.39 is 0 Å². The van der Waals surface area contributed by atoms with Gasteiger partial charge in [-0.3, -0.25) is 4.57 Å². The number of rotatable bonds is 1. The molecule has 0 saturated carbocycles. The van der Waals surface area contributed by atoms with Gasteiger partial charge in [0.2, 0.25) is 5.95 Å². The van der Waals surface area contributed by atoms with E-state index in [0.29, 0.717) is 11.6 Å². The van der Waals surface area contributed by atoms with Crippen molar-refractivity contribution in [1.82, 2.24) is 14.5 Å². The van der Waals surface area contributed by atoms with Gasteiger partial charge >= 0.3 is 0 Å². The summed E-state index contributed by atoms with van der Waals surface area (Å²) in [4.78, 5) is 8.47. The van der Waals surface area contributed by atoms with Crippen molar-refractivity contribution in [2.45, 2.75) is 6.92 Å². The Bertz CT molecular complexity index is 685. The first-order chi connectivity index (χ1) is 8.27. The molecule has 1 aromatic carbocycles. The van der Waals surface area contributed by atoms with Gasteiger partial charge in [0.1, 0.15) is 0 Å². The Labute approximate surface area is 98.7 Å². The molecule has 4 heteroatoms. The molecule has 0 bridgehead atoms. The van der Waals surface area contributed by atoms with Crippen LogP contribution in [0.25, 0.3) is 16.9 Å². The minimum absolute atomic E-state index is 0.466. The van der Waals surface area contributed by atoms with Gasteiger partial charge in [-0.15, -0.1) is 0 Å². The Morgan fingerprint density at radius 3 is 2.76 bits per heavy atom. The number of benzene rings is 1. The highest BCUT2D eigenvalue weighted by Crippen LogP contribution is 2.23. The predicted molar refractivity (Wildman–Crippen MR) is 68.0 cm³/mol. The van der Waals surface area contributed by atoms with Crippen molar-refractivity contribution in [3.63, 3.8) is 0 Å². The van der Waals surface area contributed by atoms with Gasteiger partial charge in [0, 0.05) is 6.20 Å². The van der Waals surface area contributed by atoms with Crippen LogP contribution < -0.4 is 5.73 Å². The molecule has 3 rings (SSSR count). The number of hydrogen-bond donors (Lipinski definition) is 1. The SMILES string of the molecule is Cc1ccccc1-n1c(N)nc2ncccc21. The molecule has 0 spiro atoms. The second-order valence-electron chi connectivity index (χ2n) is 3.94. The Morgan fingerprint density at radius 1 is 1.12 bits per heavy atom. The largest absolute Gasteiger partial charge is 0.369 e. The van der Waals surface area contributed by atoms with E-state index in [-0.39, 0.29) is 0 Å². The summed E-state index contributed by atoms with van der Waals surface area (Å²) in [6.07, 6.45) is 1.72. The van der Waals surface area contributed by atoms with E-state index in [0.717, 1.165) is 16.8 Å². The molecule has 2 aromatic heterocycles. The molecule has 0 radical (unpaired) electrons. The fraction of sp³-hybridized carbons (Fsp3) is 0.0769. The summed E-state index contributed by atoms with van der Waals surface area (Å²) in [5.41, 5.74) is 9.77. The van der Waals surface area contributed by atoms with Crippen molar-refractivity contribution in [2.24, 2.45) is 0 Å². The molecule has 2 heterocycles. The van der Waals surface area contributed by atoms with Crippen molar-refractivity contribution in [3.05, 3.63) is 48.2 Å². The zero-order chi connectivity index (χ0) is 11.8. The van der Waals surface area contributed by atoms with Crippen LogP contribution in [0.2, 0.25) is 0 Å². The molecule has 0 aliphatic carbocycles. The summed E-state index contributed by atoms with van der Waals surface area (Å²) in [6, 6.07) is 11.9. The molecular weight excluding hydrogens is 212 g/mol. The fourth-order valence-corrected chi connectivity index (χ4v) is 2.00. The first kappa shape index (κ1) is 9.84. The molecule has 0 fully saturated rings. The average Bonchev–Trinajstić information content (AvgIpc) is 2.66. The summed E-state index contributed by atoms with van der Waals surface area (Å²) in [7, 11) is 0. The molecule has 17 heavy (non-hydrogen) atoms. The second-order valence-corrected chi connectivity index (χ2v) is 3.94. The molecule has 0 amide bonds. The number of hydrogen-bond acceptors (Lipinski definition) is 3. The lowest BCUT2D eigenvalue weighted by Crippen LogP contribution is -2.02. The number of anilines is 1. The highest BCUT2D eigenvalue weighted by atomic mass is 15.2. The molecule has 84 valence electrons. The maximum atomic E-state index is 5.97. The van der Waals surface area contributed by atoms with Gasteiger partial charge in [0.15, 0.2) is 5.65 Å². The maximum absolute atomic E-state index is 5.97. The van der Waals surface area contributed by atoms with Crippen molar-refractivity contribution in [3.8, 4) is 5.69 Å². The standard InChI is InChI=1S/C13H12N4/c1-9-5-2-3-6-10(9)17-11-7-4-8-15-12(11)16-13(17)14/h2-8H,1H3,(H2,14,15,16). The molecule has 3 aromatic rings. The lowest BCUT2D eigenvalue weighted by molar-refractivity contribution is 1.09. The number of imidazole rings is 1. The maximum Gasteiger partial charge on any atom is 0.207 e. The Balaban J connectivity index is 2.38. The minimum Gasteiger partial charge on any atom is -0.369 e. The van der Waals surface area contributed by atoms with Crippen LogP contribution in [0.1, 0.15) is 5.56 Å². The van der Waals surface area contributed by atoms with E-state index in [1.54, 1.807) is 6.20 Å². The highest BCUT2D eigenvalue weighted by molar-refractivity contribution is 5.77. The van der Waals surface area contributed by atoms with Crippen molar-refractivity contribution in [1.29, 1.82) is 0 Å². The highest BCUT2D eigenvalue weighted by Gasteiger charge is 2.11. The van der Waals surface area contributed by atoms with Gasteiger partial charge in [-0.05, 0) is 30.7 Å². The summed E-state index contributed by atoms with van der Waals surface area (Å²) >= 11 is 0. The number of nitrogens with two attached hydrogens (primary N) is 1. The van der Waals surface area contributed by atoms with E-state index in [2.05, 4.69) is 23.0 Å². The third-order valence-electron chi connectivity index (χ3n) is 2.81. The lowest BCUT2D eigenvalue weighted by atomic mass is 10.2. The molecule has 2 N–H and O–H groups in total. The summed E-state index contributed by atoms with van der Waals surface area (Å²) in [6.45, 7) is 2.05. The second kappa shape index (κ2) is 3.59. The van der Waals surface area contributed by atoms with Gasteiger partial charge in [0.25, 0.3) is 0 Å². The average molecular weight is 224 g/mol. The Hall–Kier alpha value is -2.36. The van der Waals surface area contributed by atoms with E-state index in [1.807, 2.05) is 34.9 Å². The summed E-state index contributed by atoms with van der Waals surface area (Å²) < 4.78 is 1.93. The summed E-state index contributed by atoms with van der Waals surface area (Å²) in [5, 5.41) is 0. The zero-order valence-corrected chi connectivity index (χ0v) is 9.46. The predicted octanol–water partition coefficient (Wildman–Crippen LogP) is 2.31. The number of para-hydroxylation sites is 1. The molecular formula is C13H12N4. The zero-order valence-electron chi connectivity index (χ0n) is 9.46. The first-order valence-electron chi connectivity index (χ1n) is 5.42. The van der Waals surface area contributed by atoms with Gasteiger partial charge < -0.3 is 5.73 Å². The number of fused-ring (bicyclic) bond motifs is 1. The van der Waals surface area contributed by atoms with Crippen LogP contribution in [-0.2, 0) is 0 Å². The molecule has 0 saturated heterocycles. The first-order valence-corrected chi connectivity index (χ1v) is 5.42. The fourth-order valence-electron chi connectivity index (χ4n) is 2.00. The van der Waals surface area contributed by atoms with Gasteiger partial charge in [-0.2, -0.15) is 4.98 Å². The van der Waals surface area contributed by atoms with E-state index in [1.165, 1.54) is 0 Å². The summed E-state index contributed by atoms with van der Waals surface area (Å²) in [5.74, 6) is 0.466. The molecule has 0 aliphatic rings. The number of nitrogens with zero attached hydrogens (tertiary/aromatic N) is 3. The topological polar surface area (TPSA) is 56.7 Å². The van der Waals surface area contributed by atoms with Crippen LogP contribution in [0.4, 0.5) is 5.95 Å². The normalized spacial score (nSPS) is 10.9. The van der Waals surface area contributed by atoms with Crippen LogP contribution >= 0.6 is 0 Å². The molecule has 4 nitrogen and oxygen atoms in total. The number of aryl methyl sites for hydroxylation is 1. The third-order valence-corrected chi connectivity index (χ3v) is 2.81. The van der Waals surface area contributed by atoms with Crippen LogP contribution in [0, 0.1) is 6.92 Å². The smallest absolute Gasteiger partial charge is 0.207 e. The van der Waals surface area contributed by atoms with E-state index in [4.69, 9.17) is 5.73 Å². The number of pyridine rings is 1. The molecule has 0 atom stereocenters. The van der Waals surface area contributed by atoms with Crippen LogP contribution in [0.3, 0.4) is 0 Å². The third kappa shape index (κ3) is 1.45. The molecule has 0 aliphatic heterocycles. The number of aromatic nitrogens is 3. The number of nitrogen functional groups attached to an aromatic ring is 1. The van der Waals surface area contributed by atoms with Crippen LogP contribution in [0.5, 0.6) is 0 Å². The monoisotopic (exact) mass is 224 g/mol.